The Morgan fingerprint density at radius 2 is 2.05 bits per heavy atom. The summed E-state index contributed by atoms with van der Waals surface area (Å²) in [6, 6.07) is 9.54. The van der Waals surface area contributed by atoms with Gasteiger partial charge in [-0.15, -0.1) is 0 Å². The molecular formula is C16H17ClN4. The predicted molar refractivity (Wildman–Crippen MR) is 86.4 cm³/mol. The van der Waals surface area contributed by atoms with Crippen molar-refractivity contribution in [3.8, 4) is 6.07 Å². The van der Waals surface area contributed by atoms with Crippen molar-refractivity contribution in [2.75, 3.05) is 17.7 Å². The average molecular weight is 301 g/mol. The van der Waals surface area contributed by atoms with Crippen molar-refractivity contribution in [1.82, 2.24) is 4.98 Å². The summed E-state index contributed by atoms with van der Waals surface area (Å²) < 4.78 is 0. The quantitative estimate of drug-likeness (QED) is 0.882. The van der Waals surface area contributed by atoms with Crippen LogP contribution in [0.2, 0.25) is 5.02 Å². The number of nitrogens with zero attached hydrogens (tertiary/aromatic N) is 3. The van der Waals surface area contributed by atoms with Crippen molar-refractivity contribution >= 4 is 23.0 Å². The Morgan fingerprint density at radius 1 is 1.33 bits per heavy atom. The third-order valence-electron chi connectivity index (χ3n) is 3.31. The normalized spacial score (nSPS) is 10.2. The molecule has 0 aliphatic rings. The fraction of sp³-hybridized carbons (Fsp3) is 0.250. The zero-order chi connectivity index (χ0) is 15.6. The van der Waals surface area contributed by atoms with E-state index >= 15 is 0 Å². The van der Waals surface area contributed by atoms with Crippen LogP contribution in [0.5, 0.6) is 0 Å². The molecule has 0 atom stereocenters. The van der Waals surface area contributed by atoms with Crippen LogP contribution in [0.1, 0.15) is 22.5 Å². The Labute approximate surface area is 129 Å². The molecule has 0 spiro atoms. The Hall–Kier alpha value is -2.25. The third kappa shape index (κ3) is 3.26. The molecule has 2 aromatic rings. The summed E-state index contributed by atoms with van der Waals surface area (Å²) in [5.41, 5.74) is 10.5. The highest BCUT2D eigenvalue weighted by Gasteiger charge is 2.13. The molecule has 0 unspecified atom stereocenters. The predicted octanol–water partition coefficient (Wildman–Crippen LogP) is 3.44. The fourth-order valence-electron chi connectivity index (χ4n) is 2.30. The molecule has 0 radical (unpaired) electrons. The first-order chi connectivity index (χ1) is 9.92. The lowest BCUT2D eigenvalue weighted by Crippen LogP contribution is -2.19. The van der Waals surface area contributed by atoms with Crippen LogP contribution in [-0.4, -0.2) is 12.0 Å². The molecule has 1 aromatic heterocycles. The molecule has 0 bridgehead atoms. The van der Waals surface area contributed by atoms with Gasteiger partial charge in [0.15, 0.2) is 0 Å². The van der Waals surface area contributed by atoms with Crippen LogP contribution >= 0.6 is 11.6 Å². The molecule has 4 nitrogen and oxygen atoms in total. The molecule has 1 aromatic carbocycles. The number of nitrogen functional groups attached to an aromatic ring is 1. The fourth-order valence-corrected chi connectivity index (χ4v) is 2.48. The van der Waals surface area contributed by atoms with Gasteiger partial charge in [-0.3, -0.25) is 4.98 Å². The second-order valence-electron chi connectivity index (χ2n) is 5.06. The number of hydrogen-bond donors (Lipinski definition) is 1. The first kappa shape index (κ1) is 15.1. The molecule has 0 aliphatic carbocycles. The number of nitrogens with two attached hydrogens (primary N) is 1. The summed E-state index contributed by atoms with van der Waals surface area (Å²) in [5.74, 6) is 0. The average Bonchev–Trinajstić information content (AvgIpc) is 2.42. The van der Waals surface area contributed by atoms with E-state index < -0.39 is 0 Å². The van der Waals surface area contributed by atoms with E-state index in [4.69, 9.17) is 17.3 Å². The van der Waals surface area contributed by atoms with Crippen LogP contribution in [0.15, 0.2) is 24.3 Å². The number of halogens is 1. The standard InChI is InChI=1S/C16H17ClN4/c1-10-6-16(14(8-18)11(2)20-10)21(3)9-12-7-13(19)4-5-15(12)17/h4-7H,9,19H2,1-3H3. The van der Waals surface area contributed by atoms with Gasteiger partial charge in [-0.05, 0) is 43.7 Å². The van der Waals surface area contributed by atoms with E-state index in [1.165, 1.54) is 0 Å². The minimum atomic E-state index is 0.571. The van der Waals surface area contributed by atoms with Crippen molar-refractivity contribution in [3.05, 3.63) is 51.8 Å². The van der Waals surface area contributed by atoms with E-state index in [1.807, 2.05) is 37.9 Å². The molecule has 108 valence electrons. The van der Waals surface area contributed by atoms with E-state index in [1.54, 1.807) is 12.1 Å². The van der Waals surface area contributed by atoms with Crippen LogP contribution in [0.3, 0.4) is 0 Å². The van der Waals surface area contributed by atoms with Gasteiger partial charge in [0.05, 0.1) is 16.9 Å². The molecule has 2 N–H and O–H groups in total. The molecule has 5 heteroatoms. The van der Waals surface area contributed by atoms with Gasteiger partial charge in [-0.1, -0.05) is 11.6 Å². The summed E-state index contributed by atoms with van der Waals surface area (Å²) in [4.78, 5) is 6.32. The van der Waals surface area contributed by atoms with Gasteiger partial charge in [0.2, 0.25) is 0 Å². The lowest BCUT2D eigenvalue weighted by molar-refractivity contribution is 0.911. The SMILES string of the molecule is Cc1cc(N(C)Cc2cc(N)ccc2Cl)c(C#N)c(C)n1. The monoisotopic (exact) mass is 300 g/mol. The van der Waals surface area contributed by atoms with Gasteiger partial charge < -0.3 is 10.6 Å². The summed E-state index contributed by atoms with van der Waals surface area (Å²) >= 11 is 6.20. The van der Waals surface area contributed by atoms with E-state index in [0.29, 0.717) is 22.8 Å². The van der Waals surface area contributed by atoms with E-state index in [-0.39, 0.29) is 0 Å². The maximum atomic E-state index is 9.34. The van der Waals surface area contributed by atoms with E-state index in [0.717, 1.165) is 22.6 Å². The van der Waals surface area contributed by atoms with Gasteiger partial charge in [-0.25, -0.2) is 0 Å². The number of pyridine rings is 1. The zero-order valence-corrected chi connectivity index (χ0v) is 13.1. The molecule has 0 amide bonds. The maximum Gasteiger partial charge on any atom is 0.103 e. The molecule has 1 heterocycles. The lowest BCUT2D eigenvalue weighted by atomic mass is 10.1. The second-order valence-corrected chi connectivity index (χ2v) is 5.47. The number of rotatable bonds is 3. The third-order valence-corrected chi connectivity index (χ3v) is 3.68. The highest BCUT2D eigenvalue weighted by molar-refractivity contribution is 6.31. The van der Waals surface area contributed by atoms with Crippen LogP contribution in [-0.2, 0) is 6.54 Å². The van der Waals surface area contributed by atoms with E-state index in [2.05, 4.69) is 11.1 Å². The van der Waals surface area contributed by atoms with Crippen LogP contribution in [0.4, 0.5) is 11.4 Å². The van der Waals surface area contributed by atoms with Crippen molar-refractivity contribution in [1.29, 1.82) is 5.26 Å². The molecule has 2 rings (SSSR count). The molecular weight excluding hydrogens is 284 g/mol. The smallest absolute Gasteiger partial charge is 0.103 e. The first-order valence-electron chi connectivity index (χ1n) is 6.55. The summed E-state index contributed by atoms with van der Waals surface area (Å²) in [6.07, 6.45) is 0. The van der Waals surface area contributed by atoms with Crippen LogP contribution < -0.4 is 10.6 Å². The molecule has 0 saturated heterocycles. The minimum Gasteiger partial charge on any atom is -0.399 e. The number of nitriles is 1. The molecule has 21 heavy (non-hydrogen) atoms. The topological polar surface area (TPSA) is 65.9 Å². The summed E-state index contributed by atoms with van der Waals surface area (Å²) in [5, 5.41) is 10.0. The summed E-state index contributed by atoms with van der Waals surface area (Å²) in [6.45, 7) is 4.33. The zero-order valence-electron chi connectivity index (χ0n) is 12.3. The Bertz CT molecular complexity index is 719. The van der Waals surface area contributed by atoms with Crippen molar-refractivity contribution in [2.24, 2.45) is 0 Å². The highest BCUT2D eigenvalue weighted by Crippen LogP contribution is 2.26. The number of aromatic nitrogens is 1. The number of aryl methyl sites for hydroxylation is 2. The van der Waals surface area contributed by atoms with E-state index in [9.17, 15) is 5.26 Å². The largest absolute Gasteiger partial charge is 0.399 e. The summed E-state index contributed by atoms with van der Waals surface area (Å²) in [7, 11) is 1.93. The van der Waals surface area contributed by atoms with Crippen LogP contribution in [0.25, 0.3) is 0 Å². The number of anilines is 2. The minimum absolute atomic E-state index is 0.571. The highest BCUT2D eigenvalue weighted by atomic mass is 35.5. The Balaban J connectivity index is 2.39. The molecule has 0 saturated carbocycles. The Morgan fingerprint density at radius 3 is 2.71 bits per heavy atom. The van der Waals surface area contributed by atoms with Crippen molar-refractivity contribution < 1.29 is 0 Å². The maximum absolute atomic E-state index is 9.34. The van der Waals surface area contributed by atoms with Gasteiger partial charge >= 0.3 is 0 Å². The van der Waals surface area contributed by atoms with Crippen LogP contribution in [0, 0.1) is 25.2 Å². The Kier molecular flexibility index (Phi) is 4.35. The van der Waals surface area contributed by atoms with Gasteiger partial charge in [0.25, 0.3) is 0 Å². The number of hydrogen-bond acceptors (Lipinski definition) is 4. The van der Waals surface area contributed by atoms with Gasteiger partial charge in [0, 0.05) is 30.0 Å². The van der Waals surface area contributed by atoms with Gasteiger partial charge in [-0.2, -0.15) is 5.26 Å². The van der Waals surface area contributed by atoms with Crippen molar-refractivity contribution in [3.63, 3.8) is 0 Å². The molecule has 0 aliphatic heterocycles. The van der Waals surface area contributed by atoms with Gasteiger partial charge in [0.1, 0.15) is 6.07 Å². The first-order valence-corrected chi connectivity index (χ1v) is 6.93. The second kappa shape index (κ2) is 6.02. The van der Waals surface area contributed by atoms with Crippen molar-refractivity contribution in [2.45, 2.75) is 20.4 Å². The molecule has 0 fully saturated rings. The number of benzene rings is 1. The lowest BCUT2D eigenvalue weighted by Gasteiger charge is -2.22.